The lowest BCUT2D eigenvalue weighted by Gasteiger charge is -2.16. The quantitative estimate of drug-likeness (QED) is 0.544. The monoisotopic (exact) mass is 323 g/mol. The van der Waals surface area contributed by atoms with Crippen LogP contribution in [0.5, 0.6) is 0 Å². The molecule has 0 saturated carbocycles. The molecule has 1 aliphatic rings. The van der Waals surface area contributed by atoms with Crippen molar-refractivity contribution >= 4 is 23.2 Å². The number of Topliss-reactive ketones (excluding diaryl/α,β-unsaturated/α-hetero) is 1. The first-order valence-corrected chi connectivity index (χ1v) is 8.87. The zero-order valence-electron chi connectivity index (χ0n) is 12.7. The fraction of sp³-hybridized carbons (Fsp3) is 0.278. The minimum atomic E-state index is 0.149. The summed E-state index contributed by atoms with van der Waals surface area (Å²) >= 11 is 1.44. The lowest BCUT2D eigenvalue weighted by atomic mass is 9.90. The van der Waals surface area contributed by atoms with Crippen molar-refractivity contribution in [3.05, 3.63) is 59.3 Å². The average molecular weight is 323 g/mol. The molecule has 0 saturated heterocycles. The predicted octanol–water partition coefficient (Wildman–Crippen LogP) is 3.58. The average Bonchev–Trinajstić information content (AvgIpc) is 3.02. The van der Waals surface area contributed by atoms with Crippen LogP contribution >= 0.6 is 11.8 Å². The van der Waals surface area contributed by atoms with Crippen LogP contribution in [0.3, 0.4) is 0 Å². The van der Waals surface area contributed by atoms with E-state index in [0.29, 0.717) is 5.75 Å². The molecular weight excluding hydrogens is 306 g/mol. The van der Waals surface area contributed by atoms with Crippen LogP contribution in [0, 0.1) is 0 Å². The number of fused-ring (bicyclic) bond motifs is 2. The molecule has 0 fully saturated rings. The summed E-state index contributed by atoms with van der Waals surface area (Å²) in [6.07, 6.45) is 6.64. The minimum Gasteiger partial charge on any atom is -0.293 e. The van der Waals surface area contributed by atoms with Crippen LogP contribution in [0.25, 0.3) is 5.65 Å². The lowest BCUT2D eigenvalue weighted by molar-refractivity contribution is 0.102. The third-order valence-electron chi connectivity index (χ3n) is 4.29. The maximum Gasteiger partial charge on any atom is 0.196 e. The van der Waals surface area contributed by atoms with Gasteiger partial charge in [0.05, 0.1) is 5.75 Å². The minimum absolute atomic E-state index is 0.149. The van der Waals surface area contributed by atoms with Gasteiger partial charge in [0.1, 0.15) is 0 Å². The smallest absolute Gasteiger partial charge is 0.196 e. The molecule has 1 aromatic carbocycles. The number of rotatable bonds is 4. The van der Waals surface area contributed by atoms with Gasteiger partial charge >= 0.3 is 0 Å². The second kappa shape index (κ2) is 6.16. The SMILES string of the molecule is O=C(CSc1nnc2ccccn12)c1ccc2c(c1)CCCC2. The number of ketones is 1. The number of aryl methyl sites for hydroxylation is 2. The Morgan fingerprint density at radius 1 is 1.09 bits per heavy atom. The summed E-state index contributed by atoms with van der Waals surface area (Å²) in [7, 11) is 0. The van der Waals surface area contributed by atoms with E-state index >= 15 is 0 Å². The summed E-state index contributed by atoms with van der Waals surface area (Å²) in [5, 5.41) is 9.02. The summed E-state index contributed by atoms with van der Waals surface area (Å²) < 4.78 is 1.91. The van der Waals surface area contributed by atoms with Gasteiger partial charge in [-0.15, -0.1) is 10.2 Å². The highest BCUT2D eigenvalue weighted by molar-refractivity contribution is 7.99. The molecule has 0 radical (unpaired) electrons. The Hall–Kier alpha value is -2.14. The van der Waals surface area contributed by atoms with Crippen molar-refractivity contribution in [3.8, 4) is 0 Å². The molecule has 0 aliphatic heterocycles. The summed E-state index contributed by atoms with van der Waals surface area (Å²) in [6, 6.07) is 11.9. The molecule has 0 spiro atoms. The second-order valence-electron chi connectivity index (χ2n) is 5.81. The standard InChI is InChI=1S/C18H17N3OS/c22-16(15-9-8-13-5-1-2-6-14(13)11-15)12-23-18-20-19-17-7-3-4-10-21(17)18/h3-4,7-11H,1-2,5-6,12H2. The zero-order valence-corrected chi connectivity index (χ0v) is 13.6. The lowest BCUT2D eigenvalue weighted by Crippen LogP contribution is -2.08. The fourth-order valence-corrected chi connectivity index (χ4v) is 3.86. The molecular formula is C18H17N3OS. The van der Waals surface area contributed by atoms with E-state index in [0.717, 1.165) is 29.2 Å². The van der Waals surface area contributed by atoms with Gasteiger partial charge in [0, 0.05) is 11.8 Å². The number of hydrogen-bond acceptors (Lipinski definition) is 4. The normalized spacial score (nSPS) is 13.9. The Labute approximate surface area is 138 Å². The van der Waals surface area contributed by atoms with Crippen molar-refractivity contribution < 1.29 is 4.79 Å². The number of hydrogen-bond donors (Lipinski definition) is 0. The second-order valence-corrected chi connectivity index (χ2v) is 6.76. The van der Waals surface area contributed by atoms with Crippen LogP contribution < -0.4 is 0 Å². The van der Waals surface area contributed by atoms with Gasteiger partial charge in [0.25, 0.3) is 0 Å². The molecule has 0 atom stereocenters. The highest BCUT2D eigenvalue weighted by Crippen LogP contribution is 2.24. The van der Waals surface area contributed by atoms with Crippen molar-refractivity contribution in [2.45, 2.75) is 30.8 Å². The van der Waals surface area contributed by atoms with E-state index in [2.05, 4.69) is 22.3 Å². The van der Waals surface area contributed by atoms with E-state index in [4.69, 9.17) is 0 Å². The maximum absolute atomic E-state index is 12.5. The van der Waals surface area contributed by atoms with Crippen LogP contribution in [0.15, 0.2) is 47.8 Å². The van der Waals surface area contributed by atoms with Gasteiger partial charge in [-0.05, 0) is 55.0 Å². The van der Waals surface area contributed by atoms with Crippen LogP contribution in [-0.2, 0) is 12.8 Å². The zero-order chi connectivity index (χ0) is 15.6. The molecule has 23 heavy (non-hydrogen) atoms. The Morgan fingerprint density at radius 2 is 1.96 bits per heavy atom. The summed E-state index contributed by atoms with van der Waals surface area (Å²) in [6.45, 7) is 0. The Balaban J connectivity index is 1.50. The van der Waals surface area contributed by atoms with E-state index in [1.165, 1.54) is 35.7 Å². The Morgan fingerprint density at radius 3 is 2.87 bits per heavy atom. The van der Waals surface area contributed by atoms with Crippen molar-refractivity contribution in [1.82, 2.24) is 14.6 Å². The van der Waals surface area contributed by atoms with Crippen LogP contribution in [-0.4, -0.2) is 26.1 Å². The van der Waals surface area contributed by atoms with Crippen molar-refractivity contribution in [1.29, 1.82) is 0 Å². The van der Waals surface area contributed by atoms with Gasteiger partial charge in [-0.25, -0.2) is 0 Å². The molecule has 2 aromatic heterocycles. The van der Waals surface area contributed by atoms with Crippen LogP contribution in [0.1, 0.15) is 34.3 Å². The molecule has 3 aromatic rings. The first kappa shape index (κ1) is 14.5. The number of nitrogens with zero attached hydrogens (tertiary/aromatic N) is 3. The van der Waals surface area contributed by atoms with E-state index in [1.807, 2.05) is 34.9 Å². The summed E-state index contributed by atoms with van der Waals surface area (Å²) in [5.74, 6) is 0.533. The van der Waals surface area contributed by atoms with Crippen molar-refractivity contribution in [2.24, 2.45) is 0 Å². The number of benzene rings is 1. The number of carbonyl (C=O) groups is 1. The maximum atomic E-state index is 12.5. The van der Waals surface area contributed by atoms with Gasteiger partial charge < -0.3 is 0 Å². The van der Waals surface area contributed by atoms with E-state index < -0.39 is 0 Å². The number of pyridine rings is 1. The first-order valence-electron chi connectivity index (χ1n) is 7.89. The Bertz CT molecular complexity index is 872. The largest absolute Gasteiger partial charge is 0.293 e. The van der Waals surface area contributed by atoms with E-state index in [1.54, 1.807) is 0 Å². The molecule has 0 N–H and O–H groups in total. The van der Waals surface area contributed by atoms with Crippen LogP contribution in [0.2, 0.25) is 0 Å². The fourth-order valence-electron chi connectivity index (χ4n) is 3.04. The molecule has 4 nitrogen and oxygen atoms in total. The van der Waals surface area contributed by atoms with E-state index in [-0.39, 0.29) is 5.78 Å². The highest BCUT2D eigenvalue weighted by atomic mass is 32.2. The third-order valence-corrected chi connectivity index (χ3v) is 5.23. The van der Waals surface area contributed by atoms with E-state index in [9.17, 15) is 4.79 Å². The van der Waals surface area contributed by atoms with Crippen molar-refractivity contribution in [3.63, 3.8) is 0 Å². The van der Waals surface area contributed by atoms with Gasteiger partial charge in [0.15, 0.2) is 16.6 Å². The molecule has 2 heterocycles. The molecule has 116 valence electrons. The molecule has 0 bridgehead atoms. The van der Waals surface area contributed by atoms with Gasteiger partial charge in [-0.2, -0.15) is 0 Å². The molecule has 0 unspecified atom stereocenters. The van der Waals surface area contributed by atoms with Gasteiger partial charge in [0.2, 0.25) is 0 Å². The van der Waals surface area contributed by atoms with Gasteiger partial charge in [-0.3, -0.25) is 9.20 Å². The number of thioether (sulfide) groups is 1. The highest BCUT2D eigenvalue weighted by Gasteiger charge is 2.14. The Kier molecular flexibility index (Phi) is 3.87. The third kappa shape index (κ3) is 2.88. The molecule has 5 heteroatoms. The summed E-state index contributed by atoms with van der Waals surface area (Å²) in [5.41, 5.74) is 4.37. The molecule has 4 rings (SSSR count). The number of carbonyl (C=O) groups excluding carboxylic acids is 1. The van der Waals surface area contributed by atoms with Gasteiger partial charge in [-0.1, -0.05) is 30.0 Å². The topological polar surface area (TPSA) is 47.3 Å². The first-order chi connectivity index (χ1) is 11.3. The van der Waals surface area contributed by atoms with Crippen molar-refractivity contribution in [2.75, 3.05) is 5.75 Å². The predicted molar refractivity (Wildman–Crippen MR) is 91.1 cm³/mol. The summed E-state index contributed by atoms with van der Waals surface area (Å²) in [4.78, 5) is 12.5. The number of aromatic nitrogens is 3. The molecule has 0 amide bonds. The van der Waals surface area contributed by atoms with Crippen LogP contribution in [0.4, 0.5) is 0 Å². The molecule has 1 aliphatic carbocycles.